The van der Waals surface area contributed by atoms with Crippen LogP contribution in [0.25, 0.3) is 0 Å². The van der Waals surface area contributed by atoms with Crippen LogP contribution in [0.3, 0.4) is 0 Å². The first-order chi connectivity index (χ1) is 9.10. The Morgan fingerprint density at radius 1 is 1.16 bits per heavy atom. The Morgan fingerprint density at radius 3 is 2.32 bits per heavy atom. The van der Waals surface area contributed by atoms with Gasteiger partial charge in [0.15, 0.2) is 0 Å². The predicted octanol–water partition coefficient (Wildman–Crippen LogP) is 2.93. The molecule has 2 fully saturated rings. The van der Waals surface area contributed by atoms with Gasteiger partial charge in [0.2, 0.25) is 0 Å². The van der Waals surface area contributed by atoms with Gasteiger partial charge in [0.1, 0.15) is 0 Å². The van der Waals surface area contributed by atoms with Crippen LogP contribution in [0, 0.1) is 23.7 Å². The smallest absolute Gasteiger partial charge is 0.333 e. The average molecular weight is 266 g/mol. The normalized spacial score (nSPS) is 34.4. The molecular weight excluding hydrogens is 240 g/mol. The maximum atomic E-state index is 11.4. The minimum atomic E-state index is -0.258. The van der Waals surface area contributed by atoms with Crippen molar-refractivity contribution in [3.63, 3.8) is 0 Å². The molecule has 2 saturated carbocycles. The Morgan fingerprint density at radius 2 is 1.74 bits per heavy atom. The summed E-state index contributed by atoms with van der Waals surface area (Å²) in [6.45, 7) is 6.20. The van der Waals surface area contributed by atoms with E-state index in [0.29, 0.717) is 30.6 Å². The Labute approximate surface area is 116 Å². The lowest BCUT2D eigenvalue weighted by Crippen LogP contribution is -2.33. The van der Waals surface area contributed by atoms with Crippen LogP contribution in [-0.2, 0) is 9.53 Å². The number of aliphatic hydroxyl groups is 1. The van der Waals surface area contributed by atoms with Crippen molar-refractivity contribution < 1.29 is 14.6 Å². The zero-order valence-electron chi connectivity index (χ0n) is 11.9. The number of carbonyl (C=O) groups excluding carboxylic acids is 1. The molecule has 1 N–H and O–H groups in total. The summed E-state index contributed by atoms with van der Waals surface area (Å²) in [7, 11) is 0. The van der Waals surface area contributed by atoms with Crippen molar-refractivity contribution in [3.05, 3.63) is 12.2 Å². The van der Waals surface area contributed by atoms with Crippen LogP contribution >= 0.6 is 0 Å². The number of rotatable bonds is 4. The van der Waals surface area contributed by atoms with Crippen LogP contribution in [0.1, 0.15) is 45.4 Å². The molecule has 0 aliphatic heterocycles. The van der Waals surface area contributed by atoms with E-state index in [1.165, 1.54) is 25.7 Å². The van der Waals surface area contributed by atoms with Gasteiger partial charge in [0, 0.05) is 12.2 Å². The molecule has 0 bridgehead atoms. The summed E-state index contributed by atoms with van der Waals surface area (Å²) < 4.78 is 5.29. The Kier molecular flexibility index (Phi) is 5.03. The lowest BCUT2D eigenvalue weighted by Gasteiger charge is -2.41. The second-order valence-electron chi connectivity index (χ2n) is 6.44. The van der Waals surface area contributed by atoms with E-state index in [0.717, 1.165) is 24.7 Å². The lowest BCUT2D eigenvalue weighted by atomic mass is 9.65. The second kappa shape index (κ2) is 6.56. The second-order valence-corrected chi connectivity index (χ2v) is 6.44. The van der Waals surface area contributed by atoms with Gasteiger partial charge in [0.05, 0.1) is 6.61 Å². The molecule has 0 radical (unpaired) electrons. The number of carbonyl (C=O) groups is 1. The fourth-order valence-corrected chi connectivity index (χ4v) is 3.72. The van der Waals surface area contributed by atoms with Gasteiger partial charge >= 0.3 is 5.97 Å². The van der Waals surface area contributed by atoms with Crippen LogP contribution in [0.4, 0.5) is 0 Å². The van der Waals surface area contributed by atoms with Gasteiger partial charge in [0.25, 0.3) is 0 Å². The Balaban J connectivity index is 1.77. The molecule has 19 heavy (non-hydrogen) atoms. The summed E-state index contributed by atoms with van der Waals surface area (Å²) in [4.78, 5) is 11.4. The van der Waals surface area contributed by atoms with Crippen LogP contribution in [0.2, 0.25) is 0 Å². The first-order valence-electron chi connectivity index (χ1n) is 7.53. The molecule has 108 valence electrons. The van der Waals surface area contributed by atoms with Crippen molar-refractivity contribution in [1.82, 2.24) is 0 Å². The molecule has 3 heteroatoms. The highest BCUT2D eigenvalue weighted by molar-refractivity contribution is 5.86. The number of esters is 1. The van der Waals surface area contributed by atoms with Gasteiger partial charge in [-0.1, -0.05) is 6.58 Å². The number of hydrogen-bond donors (Lipinski definition) is 1. The zero-order chi connectivity index (χ0) is 13.8. The van der Waals surface area contributed by atoms with Gasteiger partial charge in [-0.15, -0.1) is 0 Å². The molecule has 4 unspecified atom stereocenters. The molecule has 0 heterocycles. The van der Waals surface area contributed by atoms with Gasteiger partial charge in [-0.05, 0) is 69.1 Å². The minimum absolute atomic E-state index is 0.258. The van der Waals surface area contributed by atoms with E-state index in [-0.39, 0.29) is 5.97 Å². The van der Waals surface area contributed by atoms with E-state index in [1.807, 2.05) is 0 Å². The van der Waals surface area contributed by atoms with Crippen molar-refractivity contribution in [2.45, 2.75) is 45.4 Å². The van der Waals surface area contributed by atoms with Crippen molar-refractivity contribution in [2.75, 3.05) is 13.2 Å². The van der Waals surface area contributed by atoms with Crippen LogP contribution in [0.15, 0.2) is 12.2 Å². The topological polar surface area (TPSA) is 46.5 Å². The molecule has 2 aliphatic carbocycles. The SMILES string of the molecule is C=C(C)C(=O)OCC1CCC2CC(CO)CCC2C1. The fourth-order valence-electron chi connectivity index (χ4n) is 3.72. The fraction of sp³-hybridized carbons (Fsp3) is 0.812. The van der Waals surface area contributed by atoms with Crippen LogP contribution in [-0.4, -0.2) is 24.3 Å². The van der Waals surface area contributed by atoms with E-state index < -0.39 is 0 Å². The third-order valence-electron chi connectivity index (χ3n) is 4.89. The molecule has 0 saturated heterocycles. The summed E-state index contributed by atoms with van der Waals surface area (Å²) in [5.41, 5.74) is 0.483. The monoisotopic (exact) mass is 266 g/mol. The van der Waals surface area contributed by atoms with Gasteiger partial charge in [-0.3, -0.25) is 0 Å². The summed E-state index contributed by atoms with van der Waals surface area (Å²) in [5.74, 6) is 2.37. The minimum Gasteiger partial charge on any atom is -0.462 e. The highest BCUT2D eigenvalue weighted by Gasteiger charge is 2.35. The number of aliphatic hydroxyl groups excluding tert-OH is 1. The molecule has 0 amide bonds. The quantitative estimate of drug-likeness (QED) is 0.628. The molecule has 0 aromatic rings. The molecule has 0 spiro atoms. The Bertz CT molecular complexity index is 337. The highest BCUT2D eigenvalue weighted by Crippen LogP contribution is 2.44. The van der Waals surface area contributed by atoms with Crippen molar-refractivity contribution in [1.29, 1.82) is 0 Å². The van der Waals surface area contributed by atoms with E-state index in [1.54, 1.807) is 6.92 Å². The molecule has 0 aromatic carbocycles. The predicted molar refractivity (Wildman–Crippen MR) is 74.5 cm³/mol. The molecule has 2 aliphatic rings. The van der Waals surface area contributed by atoms with Crippen molar-refractivity contribution >= 4 is 5.97 Å². The van der Waals surface area contributed by atoms with Crippen LogP contribution in [0.5, 0.6) is 0 Å². The molecular formula is C16H26O3. The molecule has 2 rings (SSSR count). The maximum absolute atomic E-state index is 11.4. The van der Waals surface area contributed by atoms with Gasteiger partial charge in [-0.2, -0.15) is 0 Å². The third-order valence-corrected chi connectivity index (χ3v) is 4.89. The summed E-state index contributed by atoms with van der Waals surface area (Å²) >= 11 is 0. The average Bonchev–Trinajstić information content (AvgIpc) is 2.43. The van der Waals surface area contributed by atoms with Gasteiger partial charge in [-0.25, -0.2) is 4.79 Å². The summed E-state index contributed by atoms with van der Waals surface area (Å²) in [5, 5.41) is 9.26. The van der Waals surface area contributed by atoms with E-state index >= 15 is 0 Å². The summed E-state index contributed by atoms with van der Waals surface area (Å²) in [6.07, 6.45) is 7.17. The van der Waals surface area contributed by atoms with Crippen molar-refractivity contribution in [2.24, 2.45) is 23.7 Å². The number of ether oxygens (including phenoxy) is 1. The van der Waals surface area contributed by atoms with E-state index in [4.69, 9.17) is 4.74 Å². The highest BCUT2D eigenvalue weighted by atomic mass is 16.5. The first-order valence-corrected chi connectivity index (χ1v) is 7.53. The number of hydrogen-bond acceptors (Lipinski definition) is 3. The van der Waals surface area contributed by atoms with E-state index in [2.05, 4.69) is 6.58 Å². The molecule has 3 nitrogen and oxygen atoms in total. The largest absolute Gasteiger partial charge is 0.462 e. The molecule has 0 aromatic heterocycles. The van der Waals surface area contributed by atoms with Crippen molar-refractivity contribution in [3.8, 4) is 0 Å². The standard InChI is InChI=1S/C16H26O3/c1-11(2)16(18)19-10-13-4-6-14-7-12(9-17)3-5-15(14)8-13/h12-15,17H,1,3-10H2,2H3. The van der Waals surface area contributed by atoms with E-state index in [9.17, 15) is 9.90 Å². The first kappa shape index (κ1) is 14.6. The zero-order valence-corrected chi connectivity index (χ0v) is 11.9. The molecule has 4 atom stereocenters. The van der Waals surface area contributed by atoms with Gasteiger partial charge < -0.3 is 9.84 Å². The maximum Gasteiger partial charge on any atom is 0.333 e. The third kappa shape index (κ3) is 3.82. The number of fused-ring (bicyclic) bond motifs is 1. The lowest BCUT2D eigenvalue weighted by molar-refractivity contribution is -0.141. The van der Waals surface area contributed by atoms with Crippen LogP contribution < -0.4 is 0 Å². The summed E-state index contributed by atoms with van der Waals surface area (Å²) in [6, 6.07) is 0. The Hall–Kier alpha value is -0.830.